The smallest absolute Gasteiger partial charge is 0.223 e. The van der Waals surface area contributed by atoms with Crippen LogP contribution in [0.3, 0.4) is 0 Å². The Hall–Kier alpha value is -2.70. The number of benzene rings is 1. The summed E-state index contributed by atoms with van der Waals surface area (Å²) in [5.74, 6) is 1.13. The van der Waals surface area contributed by atoms with Crippen molar-refractivity contribution in [2.75, 3.05) is 6.61 Å². The van der Waals surface area contributed by atoms with Gasteiger partial charge in [0.1, 0.15) is 6.61 Å². The molecule has 0 saturated heterocycles. The number of rotatable bonds is 8. The highest BCUT2D eigenvalue weighted by molar-refractivity contribution is 7.12. The predicted octanol–water partition coefficient (Wildman–Crippen LogP) is 3.95. The number of aliphatic hydroxyl groups excluding tert-OH is 1. The highest BCUT2D eigenvalue weighted by Crippen LogP contribution is 2.29. The van der Waals surface area contributed by atoms with Crippen molar-refractivity contribution in [3.05, 3.63) is 69.5 Å². The zero-order chi connectivity index (χ0) is 20.3. The molecule has 28 heavy (non-hydrogen) atoms. The van der Waals surface area contributed by atoms with Gasteiger partial charge in [0.05, 0.1) is 16.8 Å². The highest BCUT2D eigenvalue weighted by Gasteiger charge is 2.21. The first-order valence-corrected chi connectivity index (χ1v) is 9.63. The lowest BCUT2D eigenvalue weighted by molar-refractivity contribution is 0.103. The molecule has 1 atom stereocenters. The summed E-state index contributed by atoms with van der Waals surface area (Å²) in [5, 5.41) is 12.4. The van der Waals surface area contributed by atoms with Crippen LogP contribution in [0, 0.1) is 0 Å². The van der Waals surface area contributed by atoms with Crippen molar-refractivity contribution in [3.63, 3.8) is 0 Å². The van der Waals surface area contributed by atoms with Crippen LogP contribution in [0.1, 0.15) is 33.9 Å². The largest absolute Gasteiger partial charge is 0.463 e. The van der Waals surface area contributed by atoms with E-state index in [-0.39, 0.29) is 24.2 Å². The zero-order valence-electron chi connectivity index (χ0n) is 15.0. The van der Waals surface area contributed by atoms with E-state index in [4.69, 9.17) is 21.4 Å². The van der Waals surface area contributed by atoms with E-state index in [0.29, 0.717) is 26.5 Å². The molecule has 2 aromatic heterocycles. The van der Waals surface area contributed by atoms with Crippen molar-refractivity contribution in [3.8, 4) is 0 Å². The number of fused-ring (bicyclic) bond motifs is 1. The molecule has 0 aliphatic rings. The second kappa shape index (κ2) is 8.54. The second-order valence-electron chi connectivity index (χ2n) is 6.06. The minimum Gasteiger partial charge on any atom is -0.463 e. The fourth-order valence-electron chi connectivity index (χ4n) is 2.65. The van der Waals surface area contributed by atoms with Gasteiger partial charge in [-0.15, -0.1) is 17.9 Å². The lowest BCUT2D eigenvalue weighted by atomic mass is 10.1. The summed E-state index contributed by atoms with van der Waals surface area (Å²) in [4.78, 5) is 28.2. The number of ketones is 1. The Kier molecular flexibility index (Phi) is 6.11. The van der Waals surface area contributed by atoms with E-state index >= 15 is 0 Å². The third-order valence-electron chi connectivity index (χ3n) is 4.26. The SMILES string of the molecule is C=C[C@H](C)c1csc(C(=O)c2cn(COC(=C=O)CO)c3ccc(Cl)cc23)n1. The van der Waals surface area contributed by atoms with Crippen molar-refractivity contribution in [1.82, 2.24) is 9.55 Å². The van der Waals surface area contributed by atoms with Gasteiger partial charge in [-0.25, -0.2) is 9.78 Å². The fraction of sp³-hybridized carbons (Fsp3) is 0.200. The van der Waals surface area contributed by atoms with Crippen molar-refractivity contribution < 1.29 is 19.4 Å². The number of halogens is 1. The van der Waals surface area contributed by atoms with E-state index in [1.807, 2.05) is 12.3 Å². The number of aliphatic hydroxyl groups is 1. The van der Waals surface area contributed by atoms with E-state index in [0.717, 1.165) is 5.69 Å². The number of allylic oxidation sites excluding steroid dienone is 1. The molecular formula is C20H17ClN2O4S. The van der Waals surface area contributed by atoms with Crippen LogP contribution in [0.25, 0.3) is 10.9 Å². The molecule has 0 amide bonds. The maximum Gasteiger partial charge on any atom is 0.223 e. The summed E-state index contributed by atoms with van der Waals surface area (Å²) in [6, 6.07) is 5.16. The van der Waals surface area contributed by atoms with Crippen LogP contribution >= 0.6 is 22.9 Å². The monoisotopic (exact) mass is 416 g/mol. The molecule has 144 valence electrons. The molecular weight excluding hydrogens is 400 g/mol. The first-order valence-electron chi connectivity index (χ1n) is 8.37. The van der Waals surface area contributed by atoms with Gasteiger partial charge in [0.2, 0.25) is 11.5 Å². The Bertz CT molecular complexity index is 1100. The molecule has 0 saturated carbocycles. The van der Waals surface area contributed by atoms with Crippen LogP contribution in [0.4, 0.5) is 0 Å². The number of aromatic nitrogens is 2. The van der Waals surface area contributed by atoms with Crippen LogP contribution in [0.2, 0.25) is 5.02 Å². The second-order valence-corrected chi connectivity index (χ2v) is 7.36. The van der Waals surface area contributed by atoms with E-state index in [2.05, 4.69) is 11.6 Å². The van der Waals surface area contributed by atoms with Crippen LogP contribution in [-0.4, -0.2) is 33.0 Å². The van der Waals surface area contributed by atoms with Gasteiger partial charge in [-0.2, -0.15) is 0 Å². The maximum atomic E-state index is 13.1. The molecule has 2 heterocycles. The van der Waals surface area contributed by atoms with Crippen molar-refractivity contribution in [1.29, 1.82) is 0 Å². The minimum absolute atomic E-state index is 0.0500. The summed E-state index contributed by atoms with van der Waals surface area (Å²) < 4.78 is 6.91. The normalized spacial score (nSPS) is 11.8. The Morgan fingerprint density at radius 1 is 1.54 bits per heavy atom. The average molecular weight is 417 g/mol. The van der Waals surface area contributed by atoms with Gasteiger partial charge < -0.3 is 14.4 Å². The summed E-state index contributed by atoms with van der Waals surface area (Å²) in [6.07, 6.45) is 3.40. The number of carbonyl (C=O) groups excluding carboxylic acids is 2. The predicted molar refractivity (Wildman–Crippen MR) is 108 cm³/mol. The minimum atomic E-state index is -0.552. The number of thiazole rings is 1. The summed E-state index contributed by atoms with van der Waals surface area (Å²) >= 11 is 7.40. The van der Waals surface area contributed by atoms with Crippen LogP contribution in [0.5, 0.6) is 0 Å². The third-order valence-corrected chi connectivity index (χ3v) is 5.35. The molecule has 0 bridgehead atoms. The summed E-state index contributed by atoms with van der Waals surface area (Å²) in [5.41, 5.74) is 1.92. The molecule has 1 aromatic carbocycles. The summed E-state index contributed by atoms with van der Waals surface area (Å²) in [6.45, 7) is 5.10. The molecule has 0 unspecified atom stereocenters. The Balaban J connectivity index is 2.01. The molecule has 0 aliphatic carbocycles. The molecule has 8 heteroatoms. The first-order chi connectivity index (χ1) is 13.5. The van der Waals surface area contributed by atoms with Gasteiger partial charge in [-0.3, -0.25) is 4.79 Å². The number of carbonyl (C=O) groups is 1. The Morgan fingerprint density at radius 2 is 2.32 bits per heavy atom. The molecule has 1 N–H and O–H groups in total. The van der Waals surface area contributed by atoms with Gasteiger partial charge in [-0.05, 0) is 18.2 Å². The standard InChI is InChI=1S/C20H17ClN2O4S/c1-3-12(2)17-10-28-20(22-17)19(26)16-7-23(11-27-14(8-24)9-25)18-5-4-13(21)6-15(16)18/h3-7,10,12,24H,1,8,11H2,2H3/t12-/m0/s1. The Morgan fingerprint density at radius 3 is 3.00 bits per heavy atom. The number of hydrogen-bond donors (Lipinski definition) is 1. The summed E-state index contributed by atoms with van der Waals surface area (Å²) in [7, 11) is 0. The molecule has 3 rings (SSSR count). The third kappa shape index (κ3) is 3.93. The molecule has 0 aliphatic heterocycles. The van der Waals surface area contributed by atoms with E-state index in [1.165, 1.54) is 17.3 Å². The van der Waals surface area contributed by atoms with E-state index < -0.39 is 6.61 Å². The van der Waals surface area contributed by atoms with Crippen LogP contribution < -0.4 is 0 Å². The molecule has 3 aromatic rings. The molecule has 0 fully saturated rings. The topological polar surface area (TPSA) is 81.4 Å². The lowest BCUT2D eigenvalue weighted by Gasteiger charge is -2.07. The molecule has 0 spiro atoms. The average Bonchev–Trinajstić information content (AvgIpc) is 3.33. The first kappa shape index (κ1) is 20.0. The van der Waals surface area contributed by atoms with Crippen LogP contribution in [-0.2, 0) is 16.3 Å². The van der Waals surface area contributed by atoms with Crippen molar-refractivity contribution in [2.45, 2.75) is 19.6 Å². The van der Waals surface area contributed by atoms with E-state index in [9.17, 15) is 9.59 Å². The van der Waals surface area contributed by atoms with Gasteiger partial charge in [0.15, 0.2) is 17.7 Å². The number of hydrogen-bond acceptors (Lipinski definition) is 6. The van der Waals surface area contributed by atoms with Gasteiger partial charge >= 0.3 is 0 Å². The number of nitrogens with zero attached hydrogens (tertiary/aromatic N) is 2. The number of ether oxygens (including phenoxy) is 1. The van der Waals surface area contributed by atoms with Crippen LogP contribution in [0.15, 0.2) is 48.2 Å². The quantitative estimate of drug-likeness (QED) is 0.260. The fourth-order valence-corrected chi connectivity index (χ4v) is 3.69. The Labute approximate surface area is 170 Å². The van der Waals surface area contributed by atoms with Crippen molar-refractivity contribution in [2.24, 2.45) is 0 Å². The van der Waals surface area contributed by atoms with E-state index in [1.54, 1.807) is 35.0 Å². The van der Waals surface area contributed by atoms with Gasteiger partial charge in [-0.1, -0.05) is 24.6 Å². The molecule has 6 nitrogen and oxygen atoms in total. The zero-order valence-corrected chi connectivity index (χ0v) is 16.6. The highest BCUT2D eigenvalue weighted by atomic mass is 35.5. The van der Waals surface area contributed by atoms with Gasteiger partial charge in [0, 0.05) is 27.9 Å². The maximum absolute atomic E-state index is 13.1. The lowest BCUT2D eigenvalue weighted by Crippen LogP contribution is -2.05. The molecule has 0 radical (unpaired) electrons. The van der Waals surface area contributed by atoms with Crippen molar-refractivity contribution >= 4 is 45.6 Å². The van der Waals surface area contributed by atoms with Gasteiger partial charge in [0.25, 0.3) is 0 Å².